The van der Waals surface area contributed by atoms with Crippen LogP contribution in [0.2, 0.25) is 0 Å². The first kappa shape index (κ1) is 21.4. The van der Waals surface area contributed by atoms with E-state index in [4.69, 9.17) is 9.97 Å². The minimum atomic E-state index is 0.539. The zero-order valence-corrected chi connectivity index (χ0v) is 20.9. The van der Waals surface area contributed by atoms with Crippen LogP contribution in [-0.2, 0) is 0 Å². The number of halogens is 1. The smallest absolute Gasteiger partial charge is 0.133 e. The first-order valence-electron chi connectivity index (χ1n) is 12.3. The fraction of sp³-hybridized carbons (Fsp3) is 0.833. The Hall–Kier alpha value is -0.470. The maximum absolute atomic E-state index is 5.16. The Labute approximate surface area is 196 Å². The van der Waals surface area contributed by atoms with E-state index in [0.717, 1.165) is 15.8 Å². The summed E-state index contributed by atoms with van der Waals surface area (Å²) in [5.41, 5.74) is 0. The number of fused-ring (bicyclic) bond motifs is 2. The summed E-state index contributed by atoms with van der Waals surface area (Å²) in [5, 5.41) is 0. The maximum atomic E-state index is 5.16. The lowest BCUT2D eigenvalue weighted by Gasteiger charge is -2.43. The van der Waals surface area contributed by atoms with Gasteiger partial charge in [-0.1, -0.05) is 22.6 Å². The van der Waals surface area contributed by atoms with E-state index in [2.05, 4.69) is 57.2 Å². The monoisotopic (exact) mass is 523 g/mol. The summed E-state index contributed by atoms with van der Waals surface area (Å²) in [5.74, 6) is 2.84. The minimum Gasteiger partial charge on any atom is -0.348 e. The van der Waals surface area contributed by atoms with Gasteiger partial charge in [0.15, 0.2) is 0 Å². The summed E-state index contributed by atoms with van der Waals surface area (Å²) in [6.45, 7) is 9.49. The Kier molecular flexibility index (Phi) is 6.54. The van der Waals surface area contributed by atoms with E-state index < -0.39 is 0 Å². The van der Waals surface area contributed by atoms with Crippen molar-refractivity contribution in [3.8, 4) is 0 Å². The minimum absolute atomic E-state index is 0.539. The number of hydrogen-bond acceptors (Lipinski definition) is 5. The molecule has 0 radical (unpaired) electrons. The lowest BCUT2D eigenvalue weighted by atomic mass is 9.90. The predicted molar refractivity (Wildman–Crippen MR) is 132 cm³/mol. The number of piperidine rings is 1. The van der Waals surface area contributed by atoms with Gasteiger partial charge in [-0.15, -0.1) is 0 Å². The van der Waals surface area contributed by atoms with Gasteiger partial charge in [0.25, 0.3) is 0 Å². The van der Waals surface area contributed by atoms with Gasteiger partial charge in [0.1, 0.15) is 11.6 Å². The number of nitrogens with zero attached hydrogens (tertiary/aromatic N) is 5. The Morgan fingerprint density at radius 3 is 2.17 bits per heavy atom. The molecule has 3 aliphatic heterocycles. The van der Waals surface area contributed by atoms with Gasteiger partial charge in [0.05, 0.1) is 0 Å². The fourth-order valence-corrected chi connectivity index (χ4v) is 7.08. The first-order valence-corrected chi connectivity index (χ1v) is 13.6. The second-order valence-electron chi connectivity index (χ2n) is 10.3. The van der Waals surface area contributed by atoms with Gasteiger partial charge in [-0.25, -0.2) is 9.97 Å². The molecule has 30 heavy (non-hydrogen) atoms. The van der Waals surface area contributed by atoms with Crippen molar-refractivity contribution in [3.63, 3.8) is 0 Å². The standard InChI is InChI=1S/C24H38IN5/c1-17(2)29-15-21-7-8-22(16-29)30(21)23-9-12-26-24(27-23)18-10-13-28(14-11-18)20-5-3-19(25)4-6-20/h9,12,17-22H,3-8,10-11,13-16H2,1-2H3/t19-,20+,21?,22?. The number of alkyl halides is 1. The van der Waals surface area contributed by atoms with Crippen molar-refractivity contribution in [2.45, 2.75) is 99.2 Å². The zero-order valence-electron chi connectivity index (χ0n) is 18.7. The highest BCUT2D eigenvalue weighted by Gasteiger charge is 2.41. The highest BCUT2D eigenvalue weighted by molar-refractivity contribution is 14.1. The molecule has 6 heteroatoms. The lowest BCUT2D eigenvalue weighted by molar-refractivity contribution is 0.123. The number of likely N-dealkylation sites (tertiary alicyclic amines) is 2. The Balaban J connectivity index is 1.22. The van der Waals surface area contributed by atoms with Crippen LogP contribution in [0.4, 0.5) is 5.82 Å². The molecule has 5 nitrogen and oxygen atoms in total. The summed E-state index contributed by atoms with van der Waals surface area (Å²) < 4.78 is 0.908. The van der Waals surface area contributed by atoms with E-state index in [1.807, 2.05) is 6.20 Å². The lowest BCUT2D eigenvalue weighted by Crippen LogP contribution is -2.55. The van der Waals surface area contributed by atoms with Crippen molar-refractivity contribution in [3.05, 3.63) is 18.1 Å². The molecule has 1 aromatic heterocycles. The quantitative estimate of drug-likeness (QED) is 0.430. The molecule has 2 unspecified atom stereocenters. The Morgan fingerprint density at radius 1 is 0.900 bits per heavy atom. The van der Waals surface area contributed by atoms with Crippen molar-refractivity contribution in [2.24, 2.45) is 0 Å². The number of anilines is 1. The average molecular weight is 524 g/mol. The highest BCUT2D eigenvalue weighted by atomic mass is 127. The maximum Gasteiger partial charge on any atom is 0.133 e. The van der Waals surface area contributed by atoms with Gasteiger partial charge in [0, 0.05) is 53.3 Å². The van der Waals surface area contributed by atoms with Crippen LogP contribution in [0.3, 0.4) is 0 Å². The molecule has 4 heterocycles. The third-order valence-corrected chi connectivity index (χ3v) is 9.45. The largest absolute Gasteiger partial charge is 0.348 e. The number of aromatic nitrogens is 2. The Bertz CT molecular complexity index is 697. The summed E-state index contributed by atoms with van der Waals surface area (Å²) in [6.07, 6.45) is 12.7. The highest BCUT2D eigenvalue weighted by Crippen LogP contribution is 2.36. The molecule has 4 fully saturated rings. The van der Waals surface area contributed by atoms with Gasteiger partial charge in [-0.2, -0.15) is 0 Å². The molecule has 1 saturated carbocycles. The molecule has 2 atom stereocenters. The van der Waals surface area contributed by atoms with Gasteiger partial charge in [-0.05, 0) is 84.4 Å². The van der Waals surface area contributed by atoms with Gasteiger partial charge in [-0.3, -0.25) is 4.90 Å². The summed E-state index contributed by atoms with van der Waals surface area (Å²) >= 11 is 2.64. The Morgan fingerprint density at radius 2 is 1.53 bits per heavy atom. The molecule has 5 rings (SSSR count). The molecular weight excluding hydrogens is 485 g/mol. The van der Waals surface area contributed by atoms with Crippen molar-refractivity contribution in [1.29, 1.82) is 0 Å². The molecule has 0 N–H and O–H groups in total. The fourth-order valence-electron chi connectivity index (χ4n) is 6.36. The van der Waals surface area contributed by atoms with Gasteiger partial charge >= 0.3 is 0 Å². The third kappa shape index (κ3) is 4.38. The summed E-state index contributed by atoms with van der Waals surface area (Å²) in [4.78, 5) is 18.0. The molecule has 1 aliphatic carbocycles. The molecular formula is C24H38IN5. The summed E-state index contributed by atoms with van der Waals surface area (Å²) in [7, 11) is 0. The van der Waals surface area contributed by atoms with E-state index in [0.29, 0.717) is 24.0 Å². The zero-order chi connectivity index (χ0) is 20.7. The second-order valence-corrected chi connectivity index (χ2v) is 12.1. The normalized spacial score (nSPS) is 34.1. The molecule has 0 amide bonds. The van der Waals surface area contributed by atoms with Crippen LogP contribution in [0.25, 0.3) is 0 Å². The van der Waals surface area contributed by atoms with E-state index in [-0.39, 0.29) is 0 Å². The van der Waals surface area contributed by atoms with Crippen LogP contribution in [0.15, 0.2) is 12.3 Å². The molecule has 3 saturated heterocycles. The molecule has 166 valence electrons. The molecule has 0 spiro atoms. The van der Waals surface area contributed by atoms with Crippen LogP contribution in [0.5, 0.6) is 0 Å². The van der Waals surface area contributed by atoms with Crippen LogP contribution in [0.1, 0.15) is 77.0 Å². The van der Waals surface area contributed by atoms with E-state index in [1.54, 1.807) is 0 Å². The molecule has 4 aliphatic rings. The van der Waals surface area contributed by atoms with Crippen molar-refractivity contribution in [2.75, 3.05) is 31.1 Å². The number of hydrogen-bond donors (Lipinski definition) is 0. The topological polar surface area (TPSA) is 35.5 Å². The van der Waals surface area contributed by atoms with Crippen molar-refractivity contribution in [1.82, 2.24) is 19.8 Å². The van der Waals surface area contributed by atoms with Crippen LogP contribution < -0.4 is 4.90 Å². The van der Waals surface area contributed by atoms with Crippen molar-refractivity contribution < 1.29 is 0 Å². The molecule has 0 aromatic carbocycles. The average Bonchev–Trinajstić information content (AvgIpc) is 3.03. The number of rotatable bonds is 4. The third-order valence-electron chi connectivity index (χ3n) is 8.20. The van der Waals surface area contributed by atoms with Gasteiger partial charge < -0.3 is 9.80 Å². The molecule has 1 aromatic rings. The SMILES string of the molecule is CC(C)N1CC2CCC(C1)N2c1ccnc(C2CCN([C@H]3CC[C@@H](I)CC3)CC2)n1. The summed E-state index contributed by atoms with van der Waals surface area (Å²) in [6, 6.07) is 4.90. The second kappa shape index (κ2) is 9.18. The van der Waals surface area contributed by atoms with Crippen LogP contribution in [-0.4, -0.2) is 74.0 Å². The van der Waals surface area contributed by atoms with E-state index in [1.165, 1.54) is 83.4 Å². The van der Waals surface area contributed by atoms with Crippen molar-refractivity contribution >= 4 is 28.4 Å². The molecule has 2 bridgehead atoms. The van der Waals surface area contributed by atoms with E-state index in [9.17, 15) is 0 Å². The van der Waals surface area contributed by atoms with Gasteiger partial charge in [0.2, 0.25) is 0 Å². The van der Waals surface area contributed by atoms with Crippen LogP contribution in [0, 0.1) is 0 Å². The first-order chi connectivity index (χ1) is 14.6. The predicted octanol–water partition coefficient (Wildman–Crippen LogP) is 4.46. The number of piperazine rings is 1. The van der Waals surface area contributed by atoms with E-state index >= 15 is 0 Å². The van der Waals surface area contributed by atoms with Crippen LogP contribution >= 0.6 is 22.6 Å².